The maximum absolute atomic E-state index is 11.2. The second-order valence-corrected chi connectivity index (χ2v) is 4.29. The number of likely N-dealkylation sites (N-methyl/N-ethyl adjacent to an activating group) is 1. The molecule has 1 rings (SSSR count). The first kappa shape index (κ1) is 13.7. The molecule has 0 aliphatic carbocycles. The van der Waals surface area contributed by atoms with Gasteiger partial charge in [0.1, 0.15) is 6.61 Å². The summed E-state index contributed by atoms with van der Waals surface area (Å²) in [7, 11) is 1.51. The predicted octanol–water partition coefficient (Wildman–Crippen LogP) is 1.46. The van der Waals surface area contributed by atoms with Gasteiger partial charge in [0, 0.05) is 7.05 Å². The molecule has 0 unspecified atom stereocenters. The van der Waals surface area contributed by atoms with E-state index in [-0.39, 0.29) is 12.5 Å². The number of benzene rings is 1. The lowest BCUT2D eigenvalue weighted by molar-refractivity contribution is -0.135. The summed E-state index contributed by atoms with van der Waals surface area (Å²) >= 11 is 0. The number of ether oxygens (including phenoxy) is 1. The summed E-state index contributed by atoms with van der Waals surface area (Å²) in [5.41, 5.74) is 4.87. The van der Waals surface area contributed by atoms with Crippen LogP contribution in [0, 0.1) is 20.8 Å². The number of hydrogen-bond acceptors (Lipinski definition) is 3. The number of hydrazine groups is 1. The summed E-state index contributed by atoms with van der Waals surface area (Å²) in [6, 6.07) is 4.10. The van der Waals surface area contributed by atoms with E-state index in [9.17, 15) is 4.79 Å². The number of nitrogens with two attached hydrogens (primary N) is 1. The third-order valence-corrected chi connectivity index (χ3v) is 3.05. The van der Waals surface area contributed by atoms with Crippen LogP contribution in [-0.4, -0.2) is 24.6 Å². The Morgan fingerprint density at radius 3 is 2.53 bits per heavy atom. The van der Waals surface area contributed by atoms with Crippen LogP contribution in [-0.2, 0) is 16.1 Å². The van der Waals surface area contributed by atoms with Gasteiger partial charge in [0.2, 0.25) is 0 Å². The average Bonchev–Trinajstić information content (AvgIpc) is 2.28. The van der Waals surface area contributed by atoms with Crippen molar-refractivity contribution in [2.45, 2.75) is 27.4 Å². The minimum Gasteiger partial charge on any atom is -0.367 e. The highest BCUT2D eigenvalue weighted by Crippen LogP contribution is 2.17. The zero-order valence-electron chi connectivity index (χ0n) is 10.9. The number of nitrogens with zero attached hydrogens (tertiary/aromatic N) is 1. The fourth-order valence-electron chi connectivity index (χ4n) is 1.52. The van der Waals surface area contributed by atoms with Crippen molar-refractivity contribution in [3.05, 3.63) is 34.4 Å². The van der Waals surface area contributed by atoms with Crippen molar-refractivity contribution in [2.24, 2.45) is 5.84 Å². The highest BCUT2D eigenvalue weighted by molar-refractivity contribution is 5.76. The molecule has 0 aliphatic rings. The predicted molar refractivity (Wildman–Crippen MR) is 67.3 cm³/mol. The van der Waals surface area contributed by atoms with Crippen molar-refractivity contribution >= 4 is 5.91 Å². The molecule has 2 N–H and O–H groups in total. The molecule has 0 saturated carbocycles. The zero-order valence-corrected chi connectivity index (χ0v) is 10.9. The van der Waals surface area contributed by atoms with E-state index in [0.717, 1.165) is 10.6 Å². The van der Waals surface area contributed by atoms with E-state index in [1.807, 2.05) is 6.07 Å². The minimum absolute atomic E-state index is 0.0133. The maximum Gasteiger partial charge on any atom is 0.262 e. The third kappa shape index (κ3) is 3.54. The van der Waals surface area contributed by atoms with Gasteiger partial charge in [-0.2, -0.15) is 0 Å². The topological polar surface area (TPSA) is 55.6 Å². The molecule has 0 radical (unpaired) electrons. The summed E-state index contributed by atoms with van der Waals surface area (Å²) in [5, 5.41) is 1.03. The van der Waals surface area contributed by atoms with E-state index in [1.54, 1.807) is 0 Å². The standard InChI is InChI=1S/C13H20N2O2/c1-9-5-6-12(11(3)10(9)2)7-17-8-13(16)15(4)14/h5-6H,7-8,14H2,1-4H3. The van der Waals surface area contributed by atoms with Crippen LogP contribution in [0.25, 0.3) is 0 Å². The van der Waals surface area contributed by atoms with Gasteiger partial charge in [-0.3, -0.25) is 9.80 Å². The van der Waals surface area contributed by atoms with E-state index >= 15 is 0 Å². The molecule has 1 amide bonds. The van der Waals surface area contributed by atoms with Crippen LogP contribution in [0.3, 0.4) is 0 Å². The van der Waals surface area contributed by atoms with E-state index in [2.05, 4.69) is 26.8 Å². The van der Waals surface area contributed by atoms with Gasteiger partial charge in [0.15, 0.2) is 0 Å². The van der Waals surface area contributed by atoms with Crippen LogP contribution in [0.4, 0.5) is 0 Å². The van der Waals surface area contributed by atoms with Crippen LogP contribution in [0.5, 0.6) is 0 Å². The van der Waals surface area contributed by atoms with E-state index in [1.165, 1.54) is 23.7 Å². The molecule has 17 heavy (non-hydrogen) atoms. The Balaban J connectivity index is 2.59. The van der Waals surface area contributed by atoms with Crippen molar-refractivity contribution < 1.29 is 9.53 Å². The molecule has 0 bridgehead atoms. The number of aryl methyl sites for hydroxylation is 1. The number of carbonyl (C=O) groups excluding carboxylic acids is 1. The molecule has 0 aromatic heterocycles. The monoisotopic (exact) mass is 236 g/mol. The first-order chi connectivity index (χ1) is 7.93. The Hall–Kier alpha value is -1.39. The van der Waals surface area contributed by atoms with Gasteiger partial charge >= 0.3 is 0 Å². The number of carbonyl (C=O) groups is 1. The molecule has 0 spiro atoms. The zero-order chi connectivity index (χ0) is 13.0. The van der Waals surface area contributed by atoms with Crippen molar-refractivity contribution in [1.82, 2.24) is 5.01 Å². The quantitative estimate of drug-likeness (QED) is 0.489. The summed E-state index contributed by atoms with van der Waals surface area (Å²) in [6.45, 7) is 6.69. The first-order valence-corrected chi connectivity index (χ1v) is 5.58. The molecule has 0 atom stereocenters. The second-order valence-electron chi connectivity index (χ2n) is 4.29. The van der Waals surface area contributed by atoms with Crippen LogP contribution in [0.2, 0.25) is 0 Å². The van der Waals surface area contributed by atoms with E-state index in [0.29, 0.717) is 6.61 Å². The molecule has 1 aromatic rings. The molecule has 94 valence electrons. The Labute approximate surface area is 102 Å². The SMILES string of the molecule is Cc1ccc(COCC(=O)N(C)N)c(C)c1C. The minimum atomic E-state index is -0.230. The van der Waals surface area contributed by atoms with Gasteiger partial charge in [0.25, 0.3) is 5.91 Å². The normalized spacial score (nSPS) is 10.4. The van der Waals surface area contributed by atoms with E-state index < -0.39 is 0 Å². The van der Waals surface area contributed by atoms with Crippen LogP contribution in [0.1, 0.15) is 22.3 Å². The molecule has 4 nitrogen and oxygen atoms in total. The fraction of sp³-hybridized carbons (Fsp3) is 0.462. The van der Waals surface area contributed by atoms with Crippen LogP contribution < -0.4 is 5.84 Å². The second kappa shape index (κ2) is 5.80. The van der Waals surface area contributed by atoms with E-state index in [4.69, 9.17) is 10.6 Å². The van der Waals surface area contributed by atoms with Crippen LogP contribution in [0.15, 0.2) is 12.1 Å². The Morgan fingerprint density at radius 2 is 1.94 bits per heavy atom. The number of rotatable bonds is 4. The lowest BCUT2D eigenvalue weighted by Crippen LogP contribution is -2.35. The van der Waals surface area contributed by atoms with Crippen molar-refractivity contribution in [1.29, 1.82) is 0 Å². The fourth-order valence-corrected chi connectivity index (χ4v) is 1.52. The third-order valence-electron chi connectivity index (χ3n) is 3.05. The average molecular weight is 236 g/mol. The van der Waals surface area contributed by atoms with Gasteiger partial charge in [-0.25, -0.2) is 5.84 Å². The summed E-state index contributed by atoms with van der Waals surface area (Å²) in [5.74, 6) is 5.06. The Bertz CT molecular complexity index is 414. The maximum atomic E-state index is 11.2. The van der Waals surface area contributed by atoms with Crippen molar-refractivity contribution in [3.63, 3.8) is 0 Å². The smallest absolute Gasteiger partial charge is 0.262 e. The van der Waals surface area contributed by atoms with Gasteiger partial charge < -0.3 is 4.74 Å². The van der Waals surface area contributed by atoms with Gasteiger partial charge in [-0.1, -0.05) is 12.1 Å². The molecule has 0 fully saturated rings. The first-order valence-electron chi connectivity index (χ1n) is 5.58. The molecule has 1 aromatic carbocycles. The van der Waals surface area contributed by atoms with Gasteiger partial charge in [0.05, 0.1) is 6.61 Å². The highest BCUT2D eigenvalue weighted by atomic mass is 16.5. The number of amides is 1. The van der Waals surface area contributed by atoms with Gasteiger partial charge in [-0.05, 0) is 43.0 Å². The Morgan fingerprint density at radius 1 is 1.29 bits per heavy atom. The lowest BCUT2D eigenvalue weighted by Gasteiger charge is -2.13. The Kier molecular flexibility index (Phi) is 4.66. The summed E-state index contributed by atoms with van der Waals surface area (Å²) < 4.78 is 5.35. The molecule has 4 heteroatoms. The largest absolute Gasteiger partial charge is 0.367 e. The van der Waals surface area contributed by atoms with Crippen molar-refractivity contribution in [3.8, 4) is 0 Å². The molecule has 0 saturated heterocycles. The molecular weight excluding hydrogens is 216 g/mol. The molecule has 0 heterocycles. The molecule has 0 aliphatic heterocycles. The lowest BCUT2D eigenvalue weighted by atomic mass is 9.99. The summed E-state index contributed by atoms with van der Waals surface area (Å²) in [4.78, 5) is 11.2. The van der Waals surface area contributed by atoms with Crippen molar-refractivity contribution in [2.75, 3.05) is 13.7 Å². The summed E-state index contributed by atoms with van der Waals surface area (Å²) in [6.07, 6.45) is 0. The number of hydrogen-bond donors (Lipinski definition) is 1. The molecular formula is C13H20N2O2. The highest BCUT2D eigenvalue weighted by Gasteiger charge is 2.07. The van der Waals surface area contributed by atoms with Crippen LogP contribution >= 0.6 is 0 Å². The van der Waals surface area contributed by atoms with Gasteiger partial charge in [-0.15, -0.1) is 0 Å².